The SMILES string of the molecule is CC[n+]1c(C=CN(C(C)=O)c2ccccc2)[se]c2ccccc21.[I-]. The third-order valence-corrected chi connectivity index (χ3v) is 6.07. The van der Waals surface area contributed by atoms with Crippen LogP contribution in [0.3, 0.4) is 0 Å². The van der Waals surface area contributed by atoms with E-state index in [1.807, 2.05) is 36.5 Å². The maximum absolute atomic E-state index is 12.0. The van der Waals surface area contributed by atoms with E-state index in [0.717, 1.165) is 12.2 Å². The van der Waals surface area contributed by atoms with Crippen LogP contribution >= 0.6 is 0 Å². The van der Waals surface area contributed by atoms with Crippen molar-refractivity contribution in [2.75, 3.05) is 4.90 Å². The number of nitrogens with zero attached hydrogens (tertiary/aromatic N) is 2. The fourth-order valence-electron chi connectivity index (χ4n) is 2.60. The number of halogens is 1. The molecule has 5 heteroatoms. The third kappa shape index (κ3) is 3.97. The van der Waals surface area contributed by atoms with Gasteiger partial charge in [0.1, 0.15) is 0 Å². The molecule has 0 aliphatic heterocycles. The standard InChI is InChI=1S/C19H19N2OSe.HI/c1-3-20-17-11-7-8-12-18(17)23-19(20)13-14-21(15(2)22)16-9-5-4-6-10-16;/h4-14H,3H2,1-2H3;1H/q+1;/p-1. The molecule has 0 N–H and O–H groups in total. The Balaban J connectivity index is 0.00000208. The van der Waals surface area contributed by atoms with Gasteiger partial charge in [-0.25, -0.2) is 0 Å². The molecule has 0 saturated heterocycles. The zero-order chi connectivity index (χ0) is 16.2. The number of benzene rings is 2. The molecular formula is C19H19IN2OSe. The van der Waals surface area contributed by atoms with E-state index in [4.69, 9.17) is 0 Å². The molecule has 3 aromatic rings. The molecule has 1 aromatic heterocycles. The number of carbonyl (C=O) groups excluding carboxylic acids is 1. The van der Waals surface area contributed by atoms with Crippen molar-refractivity contribution < 1.29 is 33.3 Å². The number of amides is 1. The maximum atomic E-state index is 12.0. The molecule has 0 bridgehead atoms. The van der Waals surface area contributed by atoms with Crippen molar-refractivity contribution in [2.45, 2.75) is 20.4 Å². The summed E-state index contributed by atoms with van der Waals surface area (Å²) < 4.78 is 5.01. The normalized spacial score (nSPS) is 10.8. The number of hydrogen-bond donors (Lipinski definition) is 0. The molecule has 0 fully saturated rings. The Hall–Kier alpha value is -1.43. The number of carbonyl (C=O) groups is 1. The summed E-state index contributed by atoms with van der Waals surface area (Å²) in [5.41, 5.74) is 2.19. The van der Waals surface area contributed by atoms with Crippen molar-refractivity contribution >= 4 is 42.0 Å². The molecule has 0 unspecified atom stereocenters. The van der Waals surface area contributed by atoms with Crippen LogP contribution in [0.4, 0.5) is 5.69 Å². The van der Waals surface area contributed by atoms with Crippen molar-refractivity contribution in [1.29, 1.82) is 0 Å². The van der Waals surface area contributed by atoms with Gasteiger partial charge in [0.2, 0.25) is 0 Å². The van der Waals surface area contributed by atoms with E-state index in [0.29, 0.717) is 0 Å². The maximum Gasteiger partial charge on any atom is -1.00 e. The van der Waals surface area contributed by atoms with Crippen LogP contribution in [0, 0.1) is 0 Å². The third-order valence-electron chi connectivity index (χ3n) is 3.69. The molecule has 0 spiro atoms. The second-order valence-corrected chi connectivity index (χ2v) is 7.42. The van der Waals surface area contributed by atoms with Crippen LogP contribution in [-0.4, -0.2) is 20.4 Å². The predicted octanol–water partition coefficient (Wildman–Crippen LogP) is 0.232. The van der Waals surface area contributed by atoms with Crippen LogP contribution in [0.1, 0.15) is 18.4 Å². The van der Waals surface area contributed by atoms with Crippen molar-refractivity contribution in [3.63, 3.8) is 0 Å². The van der Waals surface area contributed by atoms with E-state index in [-0.39, 0.29) is 44.4 Å². The number of hydrogen-bond acceptors (Lipinski definition) is 1. The number of aromatic nitrogens is 1. The minimum absolute atomic E-state index is 0. The van der Waals surface area contributed by atoms with Gasteiger partial charge in [-0.2, -0.15) is 0 Å². The van der Waals surface area contributed by atoms with Crippen LogP contribution in [0.15, 0.2) is 60.8 Å². The van der Waals surface area contributed by atoms with E-state index in [2.05, 4.69) is 41.8 Å². The Morgan fingerprint density at radius 2 is 1.79 bits per heavy atom. The molecule has 124 valence electrons. The summed E-state index contributed by atoms with van der Waals surface area (Å²) in [6.45, 7) is 4.68. The van der Waals surface area contributed by atoms with Gasteiger partial charge in [-0.15, -0.1) is 0 Å². The largest absolute Gasteiger partial charge is 1.00 e. The minimum Gasteiger partial charge on any atom is -1.00 e. The van der Waals surface area contributed by atoms with Gasteiger partial charge in [0.05, 0.1) is 0 Å². The Kier molecular flexibility index (Phi) is 6.78. The first-order valence-electron chi connectivity index (χ1n) is 7.65. The number of anilines is 1. The minimum atomic E-state index is 0. The molecular weight excluding hydrogens is 478 g/mol. The zero-order valence-electron chi connectivity index (χ0n) is 13.6. The van der Waals surface area contributed by atoms with Gasteiger partial charge in [0.25, 0.3) is 0 Å². The van der Waals surface area contributed by atoms with Crippen molar-refractivity contribution in [3.8, 4) is 0 Å². The molecule has 1 heterocycles. The molecule has 0 atom stereocenters. The summed E-state index contributed by atoms with van der Waals surface area (Å²) in [7, 11) is 0. The smallest absolute Gasteiger partial charge is 1.00 e. The summed E-state index contributed by atoms with van der Waals surface area (Å²) in [6.07, 6.45) is 3.97. The van der Waals surface area contributed by atoms with Crippen LogP contribution < -0.4 is 33.4 Å². The van der Waals surface area contributed by atoms with Gasteiger partial charge in [-0.1, -0.05) is 0 Å². The van der Waals surface area contributed by atoms with Crippen LogP contribution in [0.5, 0.6) is 0 Å². The molecule has 0 aliphatic carbocycles. The first kappa shape index (κ1) is 18.9. The Bertz CT molecular complexity index is 858. The van der Waals surface area contributed by atoms with E-state index >= 15 is 0 Å². The van der Waals surface area contributed by atoms with Crippen LogP contribution in [0.2, 0.25) is 0 Å². The second kappa shape index (κ2) is 8.60. The number of fused-ring (bicyclic) bond motifs is 1. The summed E-state index contributed by atoms with van der Waals surface area (Å²) in [5, 5.41) is 0. The summed E-state index contributed by atoms with van der Waals surface area (Å²) in [4.78, 5) is 13.7. The van der Waals surface area contributed by atoms with E-state index in [9.17, 15) is 4.79 Å². The zero-order valence-corrected chi connectivity index (χ0v) is 17.5. The van der Waals surface area contributed by atoms with Gasteiger partial charge in [0, 0.05) is 0 Å². The quantitative estimate of drug-likeness (QED) is 0.288. The fraction of sp³-hybridized carbons (Fsp3) is 0.158. The van der Waals surface area contributed by atoms with Crippen molar-refractivity contribution in [1.82, 2.24) is 0 Å². The van der Waals surface area contributed by atoms with Gasteiger partial charge < -0.3 is 24.0 Å². The van der Waals surface area contributed by atoms with E-state index in [1.54, 1.807) is 11.8 Å². The first-order valence-corrected chi connectivity index (χ1v) is 9.36. The van der Waals surface area contributed by atoms with Gasteiger partial charge in [0.15, 0.2) is 0 Å². The average Bonchev–Trinajstić information content (AvgIpc) is 2.93. The Morgan fingerprint density at radius 3 is 2.46 bits per heavy atom. The molecule has 2 aromatic carbocycles. The molecule has 3 nitrogen and oxygen atoms in total. The number of aryl methyl sites for hydroxylation is 1. The van der Waals surface area contributed by atoms with Gasteiger partial charge >= 0.3 is 142 Å². The second-order valence-electron chi connectivity index (χ2n) is 5.19. The molecule has 24 heavy (non-hydrogen) atoms. The Morgan fingerprint density at radius 1 is 1.12 bits per heavy atom. The van der Waals surface area contributed by atoms with Crippen molar-refractivity contribution in [2.24, 2.45) is 0 Å². The number of rotatable bonds is 4. The van der Waals surface area contributed by atoms with Crippen LogP contribution in [-0.2, 0) is 11.3 Å². The molecule has 0 saturated carbocycles. The number of para-hydroxylation sites is 2. The summed E-state index contributed by atoms with van der Waals surface area (Å²) in [5.74, 6) is 0.0131. The summed E-state index contributed by atoms with van der Waals surface area (Å²) >= 11 is 0.280. The molecule has 0 radical (unpaired) electrons. The molecule has 1 amide bonds. The van der Waals surface area contributed by atoms with Gasteiger partial charge in [-0.3, -0.25) is 0 Å². The van der Waals surface area contributed by atoms with Gasteiger partial charge in [-0.05, 0) is 0 Å². The Labute approximate surface area is 165 Å². The molecule has 0 aliphatic rings. The topological polar surface area (TPSA) is 24.2 Å². The fourth-order valence-corrected chi connectivity index (χ4v) is 4.96. The molecule has 3 rings (SSSR count). The average molecular weight is 497 g/mol. The van der Waals surface area contributed by atoms with E-state index < -0.39 is 0 Å². The predicted molar refractivity (Wildman–Crippen MR) is 95.4 cm³/mol. The summed E-state index contributed by atoms with van der Waals surface area (Å²) in [6, 6.07) is 18.3. The first-order chi connectivity index (χ1) is 11.2. The van der Waals surface area contributed by atoms with Crippen LogP contribution in [0.25, 0.3) is 15.9 Å². The van der Waals surface area contributed by atoms with Crippen molar-refractivity contribution in [3.05, 3.63) is 65.4 Å². The monoisotopic (exact) mass is 498 g/mol. The van der Waals surface area contributed by atoms with E-state index in [1.165, 1.54) is 14.3 Å².